The fraction of sp³-hybridized carbons (Fsp3) is 0. The first kappa shape index (κ1) is 17.0. The van der Waals surface area contributed by atoms with Gasteiger partial charge in [-0.25, -0.2) is 0 Å². The molecule has 3 rings (SSSR count). The fourth-order valence-corrected chi connectivity index (χ4v) is 8.28. The second-order valence-electron chi connectivity index (χ2n) is 4.12. The molecule has 2 nitrogen and oxygen atoms in total. The van der Waals surface area contributed by atoms with Crippen LogP contribution in [0.1, 0.15) is 0 Å². The molecule has 0 aliphatic carbocycles. The van der Waals surface area contributed by atoms with Crippen LogP contribution in [0.4, 0.5) is 0 Å². The molecule has 0 bridgehead atoms. The SMILES string of the molecule is [O-][S+](c1ccsc1)c1c(Br)ccc(Br)c1[S+]([O-])c1cccs1. The first-order valence-corrected chi connectivity index (χ1v) is 11.7. The van der Waals surface area contributed by atoms with Crippen molar-refractivity contribution in [2.75, 3.05) is 0 Å². The average molecular weight is 496 g/mol. The second-order valence-corrected chi connectivity index (χ2v) is 10.6. The Bertz CT molecular complexity index is 694. The molecule has 2 aromatic heterocycles. The van der Waals surface area contributed by atoms with Crippen LogP contribution >= 0.6 is 54.5 Å². The lowest BCUT2D eigenvalue weighted by molar-refractivity contribution is 0.582. The molecule has 0 fully saturated rings. The van der Waals surface area contributed by atoms with E-state index in [0.717, 1.165) is 4.21 Å². The largest absolute Gasteiger partial charge is 0.606 e. The molecule has 0 saturated carbocycles. The highest BCUT2D eigenvalue weighted by molar-refractivity contribution is 9.11. The molecule has 2 heterocycles. The monoisotopic (exact) mass is 494 g/mol. The van der Waals surface area contributed by atoms with Gasteiger partial charge >= 0.3 is 0 Å². The van der Waals surface area contributed by atoms with Crippen molar-refractivity contribution in [2.24, 2.45) is 0 Å². The molecule has 1 aromatic carbocycles. The van der Waals surface area contributed by atoms with Crippen LogP contribution in [0.3, 0.4) is 0 Å². The van der Waals surface area contributed by atoms with E-state index >= 15 is 0 Å². The normalized spacial score (nSPS) is 14.0. The van der Waals surface area contributed by atoms with Crippen LogP contribution < -0.4 is 0 Å². The predicted octanol–water partition coefficient (Wildman–Crippen LogP) is 5.67. The Labute approximate surface area is 159 Å². The van der Waals surface area contributed by atoms with Crippen molar-refractivity contribution in [3.8, 4) is 0 Å². The Kier molecular flexibility index (Phi) is 5.73. The number of benzene rings is 1. The first-order chi connectivity index (χ1) is 10.6. The van der Waals surface area contributed by atoms with Crippen molar-refractivity contribution in [2.45, 2.75) is 18.9 Å². The Hall–Kier alpha value is 0.200. The first-order valence-electron chi connectivity index (χ1n) is 5.97. The van der Waals surface area contributed by atoms with E-state index in [1.807, 2.05) is 46.5 Å². The lowest BCUT2D eigenvalue weighted by Gasteiger charge is -2.16. The van der Waals surface area contributed by atoms with Gasteiger partial charge in [0.15, 0.2) is 4.90 Å². The van der Waals surface area contributed by atoms with E-state index in [1.54, 1.807) is 0 Å². The van der Waals surface area contributed by atoms with E-state index < -0.39 is 22.4 Å². The molecular weight excluding hydrogens is 488 g/mol. The maximum atomic E-state index is 12.9. The van der Waals surface area contributed by atoms with E-state index in [0.29, 0.717) is 23.6 Å². The molecule has 2 atom stereocenters. The Morgan fingerprint density at radius 3 is 2.09 bits per heavy atom. The van der Waals surface area contributed by atoms with Crippen LogP contribution in [0.25, 0.3) is 0 Å². The highest BCUT2D eigenvalue weighted by Crippen LogP contribution is 2.41. The molecule has 0 radical (unpaired) electrons. The number of hydrogen-bond acceptors (Lipinski definition) is 4. The van der Waals surface area contributed by atoms with Gasteiger partial charge in [0.1, 0.15) is 0 Å². The molecule has 0 N–H and O–H groups in total. The van der Waals surface area contributed by atoms with E-state index in [1.165, 1.54) is 22.7 Å². The zero-order valence-electron chi connectivity index (χ0n) is 10.8. The van der Waals surface area contributed by atoms with Crippen LogP contribution in [0.15, 0.2) is 74.3 Å². The van der Waals surface area contributed by atoms with E-state index in [-0.39, 0.29) is 0 Å². The number of rotatable bonds is 4. The van der Waals surface area contributed by atoms with Crippen LogP contribution in [-0.2, 0) is 22.4 Å². The number of halogens is 2. The molecule has 0 aliphatic heterocycles. The molecule has 114 valence electrons. The van der Waals surface area contributed by atoms with E-state index in [4.69, 9.17) is 0 Å². The lowest BCUT2D eigenvalue weighted by atomic mass is 10.4. The molecular formula is C14H8Br2O2S4. The van der Waals surface area contributed by atoms with Gasteiger partial charge in [0.05, 0.1) is 8.95 Å². The zero-order chi connectivity index (χ0) is 15.7. The van der Waals surface area contributed by atoms with Gasteiger partial charge in [-0.3, -0.25) is 0 Å². The standard InChI is InChI=1S/C14H8Br2O2S4/c15-10-3-4-11(16)14(22(18)12-2-1-6-20-12)13(10)21(17)9-5-7-19-8-9/h1-8H. The topological polar surface area (TPSA) is 46.1 Å². The van der Waals surface area contributed by atoms with Crippen molar-refractivity contribution in [1.82, 2.24) is 0 Å². The maximum absolute atomic E-state index is 12.9. The van der Waals surface area contributed by atoms with Crippen LogP contribution in [0.2, 0.25) is 0 Å². The maximum Gasteiger partial charge on any atom is 0.229 e. The van der Waals surface area contributed by atoms with Gasteiger partial charge in [-0.2, -0.15) is 0 Å². The van der Waals surface area contributed by atoms with Crippen LogP contribution in [0.5, 0.6) is 0 Å². The Morgan fingerprint density at radius 1 is 0.864 bits per heavy atom. The van der Waals surface area contributed by atoms with Gasteiger partial charge in [-0.1, -0.05) is 11.3 Å². The highest BCUT2D eigenvalue weighted by atomic mass is 79.9. The molecule has 2 unspecified atom stereocenters. The summed E-state index contributed by atoms with van der Waals surface area (Å²) in [7, 11) is 0. The summed E-state index contributed by atoms with van der Waals surface area (Å²) in [5, 5.41) is 5.62. The quantitative estimate of drug-likeness (QED) is 0.438. The molecule has 8 heteroatoms. The third-order valence-corrected chi connectivity index (χ3v) is 9.76. The third-order valence-electron chi connectivity index (χ3n) is 2.77. The smallest absolute Gasteiger partial charge is 0.229 e. The summed E-state index contributed by atoms with van der Waals surface area (Å²) in [4.78, 5) is 1.83. The van der Waals surface area contributed by atoms with Crippen molar-refractivity contribution in [1.29, 1.82) is 0 Å². The molecule has 0 aliphatic rings. The molecule has 0 spiro atoms. The number of thiophene rings is 2. The van der Waals surface area contributed by atoms with Gasteiger partial charge in [0.2, 0.25) is 14.0 Å². The van der Waals surface area contributed by atoms with Gasteiger partial charge in [0.25, 0.3) is 0 Å². The van der Waals surface area contributed by atoms with E-state index in [2.05, 4.69) is 31.9 Å². The molecule has 3 aromatic rings. The second kappa shape index (κ2) is 7.40. The summed E-state index contributed by atoms with van der Waals surface area (Å²) >= 11 is 7.07. The van der Waals surface area contributed by atoms with Crippen LogP contribution in [-0.4, -0.2) is 9.11 Å². The zero-order valence-corrected chi connectivity index (χ0v) is 17.3. The lowest BCUT2D eigenvalue weighted by Crippen LogP contribution is -2.11. The predicted molar refractivity (Wildman–Crippen MR) is 99.8 cm³/mol. The van der Waals surface area contributed by atoms with E-state index in [9.17, 15) is 9.11 Å². The molecule has 0 saturated heterocycles. The van der Waals surface area contributed by atoms with Crippen molar-refractivity contribution >= 4 is 76.9 Å². The van der Waals surface area contributed by atoms with Gasteiger partial charge < -0.3 is 9.11 Å². The summed E-state index contributed by atoms with van der Waals surface area (Å²) in [5.74, 6) is 0. The fourth-order valence-electron chi connectivity index (χ4n) is 1.81. The van der Waals surface area contributed by atoms with Gasteiger partial charge in [0, 0.05) is 39.9 Å². The third kappa shape index (κ3) is 3.34. The minimum Gasteiger partial charge on any atom is -0.606 e. The molecule has 0 amide bonds. The minimum atomic E-state index is -1.39. The summed E-state index contributed by atoms with van der Waals surface area (Å²) in [6.07, 6.45) is 0. The Balaban J connectivity index is 2.15. The van der Waals surface area contributed by atoms with Crippen molar-refractivity contribution in [3.63, 3.8) is 0 Å². The van der Waals surface area contributed by atoms with Gasteiger partial charge in [-0.05, 0) is 60.8 Å². The summed E-state index contributed by atoms with van der Waals surface area (Å²) < 4.78 is 28.0. The number of hydrogen-bond donors (Lipinski definition) is 0. The Morgan fingerprint density at radius 2 is 1.55 bits per heavy atom. The molecule has 22 heavy (non-hydrogen) atoms. The van der Waals surface area contributed by atoms with Gasteiger partial charge in [-0.15, -0.1) is 11.3 Å². The van der Waals surface area contributed by atoms with Crippen molar-refractivity contribution in [3.05, 3.63) is 55.4 Å². The highest BCUT2D eigenvalue weighted by Gasteiger charge is 2.34. The summed E-state index contributed by atoms with van der Waals surface area (Å²) in [6, 6.07) is 9.15. The van der Waals surface area contributed by atoms with Crippen LogP contribution in [0, 0.1) is 0 Å². The summed E-state index contributed by atoms with van der Waals surface area (Å²) in [5.41, 5.74) is 0. The average Bonchev–Trinajstić information content (AvgIpc) is 3.21. The summed E-state index contributed by atoms with van der Waals surface area (Å²) in [6.45, 7) is 0. The minimum absolute atomic E-state index is 0.555. The van der Waals surface area contributed by atoms with Crippen molar-refractivity contribution < 1.29 is 9.11 Å².